The quantitative estimate of drug-likeness (QED) is 0.257. The van der Waals surface area contributed by atoms with E-state index < -0.39 is 22.0 Å². The lowest BCUT2D eigenvalue weighted by Crippen LogP contribution is -2.50. The molecular weight excluding hydrogens is 528 g/mol. The van der Waals surface area contributed by atoms with Gasteiger partial charge in [-0.1, -0.05) is 37.3 Å². The molecule has 214 valence electrons. The lowest BCUT2D eigenvalue weighted by atomic mass is 9.82. The monoisotopic (exact) mass is 566 g/mol. The first kappa shape index (κ1) is 29.7. The zero-order chi connectivity index (χ0) is 28.4. The van der Waals surface area contributed by atoms with E-state index in [1.54, 1.807) is 36.7 Å². The highest BCUT2D eigenvalue weighted by Gasteiger charge is 2.43. The molecule has 0 radical (unpaired) electrons. The maximum absolute atomic E-state index is 14.2. The number of rotatable bonds is 13. The van der Waals surface area contributed by atoms with Crippen LogP contribution in [0.5, 0.6) is 5.75 Å². The Labute approximate surface area is 237 Å². The third-order valence-electron chi connectivity index (χ3n) is 7.25. The molecule has 3 aromatic rings. The second-order valence-electron chi connectivity index (χ2n) is 10.0. The molecule has 2 aromatic carbocycles. The van der Waals surface area contributed by atoms with Crippen LogP contribution in [0.25, 0.3) is 0 Å². The Bertz CT molecular complexity index is 1290. The van der Waals surface area contributed by atoms with Gasteiger partial charge in [0, 0.05) is 25.5 Å². The number of carbonyl (C=O) groups excluding carboxylic acids is 1. The minimum absolute atomic E-state index is 0.00818. The van der Waals surface area contributed by atoms with E-state index in [1.165, 1.54) is 23.5 Å². The Hall–Kier alpha value is -3.27. The van der Waals surface area contributed by atoms with Crippen LogP contribution in [0.15, 0.2) is 84.0 Å². The van der Waals surface area contributed by atoms with E-state index in [2.05, 4.69) is 11.9 Å². The number of aromatic nitrogens is 1. The first-order valence-electron chi connectivity index (χ1n) is 13.8. The Morgan fingerprint density at radius 1 is 0.950 bits per heavy atom. The van der Waals surface area contributed by atoms with Gasteiger partial charge >= 0.3 is 5.97 Å². The van der Waals surface area contributed by atoms with E-state index >= 15 is 0 Å². The second-order valence-corrected chi connectivity index (χ2v) is 11.9. The van der Waals surface area contributed by atoms with E-state index in [0.717, 1.165) is 30.4 Å². The number of hydrogen-bond donors (Lipinski definition) is 0. The molecule has 9 heteroatoms. The number of nitrogens with zero attached hydrogens (tertiary/aromatic N) is 2. The van der Waals surface area contributed by atoms with Crippen LogP contribution in [0.3, 0.4) is 0 Å². The van der Waals surface area contributed by atoms with Crippen LogP contribution in [0.4, 0.5) is 0 Å². The molecule has 1 atom stereocenters. The van der Waals surface area contributed by atoms with Gasteiger partial charge in [0.25, 0.3) is 0 Å². The molecule has 1 heterocycles. The summed E-state index contributed by atoms with van der Waals surface area (Å²) < 4.78 is 46.8. The van der Waals surface area contributed by atoms with Gasteiger partial charge in [-0.25, -0.2) is 8.42 Å². The molecule has 4 rings (SSSR count). The average molecular weight is 567 g/mol. The van der Waals surface area contributed by atoms with Gasteiger partial charge in [-0.05, 0) is 85.5 Å². The molecular formula is C31H38N2O6S. The predicted molar refractivity (Wildman–Crippen MR) is 152 cm³/mol. The van der Waals surface area contributed by atoms with Gasteiger partial charge in [0.1, 0.15) is 18.4 Å². The third-order valence-corrected chi connectivity index (χ3v) is 9.09. The third kappa shape index (κ3) is 7.68. The molecule has 8 nitrogen and oxygen atoms in total. The highest BCUT2D eigenvalue weighted by molar-refractivity contribution is 7.89. The smallest absolute Gasteiger partial charge is 0.325 e. The summed E-state index contributed by atoms with van der Waals surface area (Å²) in [5.41, 5.74) is 1.57. The van der Waals surface area contributed by atoms with Crippen LogP contribution in [0.2, 0.25) is 0 Å². The summed E-state index contributed by atoms with van der Waals surface area (Å²) in [7, 11) is -2.58. The van der Waals surface area contributed by atoms with Crippen molar-refractivity contribution >= 4 is 16.0 Å². The van der Waals surface area contributed by atoms with E-state index in [9.17, 15) is 13.2 Å². The second kappa shape index (κ2) is 14.4. The molecule has 1 aromatic heterocycles. The molecule has 40 heavy (non-hydrogen) atoms. The molecule has 1 saturated carbocycles. The topological polar surface area (TPSA) is 95.0 Å². The number of hydrogen-bond acceptors (Lipinski definition) is 7. The van der Waals surface area contributed by atoms with E-state index in [1.807, 2.05) is 30.3 Å². The summed E-state index contributed by atoms with van der Waals surface area (Å²) in [5, 5.41) is 0. The lowest BCUT2D eigenvalue weighted by molar-refractivity contribution is -0.152. The largest absolute Gasteiger partial charge is 0.497 e. The summed E-state index contributed by atoms with van der Waals surface area (Å²) in [4.78, 5) is 18.0. The van der Waals surface area contributed by atoms with Gasteiger partial charge in [-0.2, -0.15) is 4.31 Å². The Morgan fingerprint density at radius 2 is 1.62 bits per heavy atom. The summed E-state index contributed by atoms with van der Waals surface area (Å²) in [6, 6.07) is 18.2. The highest BCUT2D eigenvalue weighted by Crippen LogP contribution is 2.35. The Balaban J connectivity index is 1.69. The van der Waals surface area contributed by atoms with Crippen molar-refractivity contribution in [1.82, 2.24) is 9.29 Å². The normalized spacial score (nSPS) is 18.3. The zero-order valence-corrected chi connectivity index (χ0v) is 24.0. The zero-order valence-electron chi connectivity index (χ0n) is 23.1. The van der Waals surface area contributed by atoms with Crippen molar-refractivity contribution in [2.24, 2.45) is 5.92 Å². The number of carbonyl (C=O) groups is 1. The van der Waals surface area contributed by atoms with Gasteiger partial charge < -0.3 is 14.2 Å². The van der Waals surface area contributed by atoms with E-state index in [0.29, 0.717) is 25.2 Å². The van der Waals surface area contributed by atoms with Gasteiger partial charge in [-0.15, -0.1) is 0 Å². The van der Waals surface area contributed by atoms with E-state index in [-0.39, 0.29) is 30.1 Å². The summed E-state index contributed by atoms with van der Waals surface area (Å²) >= 11 is 0. The number of sulfonamides is 1. The van der Waals surface area contributed by atoms with Gasteiger partial charge in [0.2, 0.25) is 10.0 Å². The molecule has 0 bridgehead atoms. The maximum Gasteiger partial charge on any atom is 0.325 e. The SMILES string of the molecule is CCCO[C@H]1CC[C@H]([C@H](C(=O)OCc2ccccc2)N(Cc2ccncc2)S(=O)(=O)c2ccc(OC)cc2)CC1. The molecule has 0 aliphatic heterocycles. The van der Waals surface area contributed by atoms with Crippen LogP contribution in [-0.2, 0) is 37.4 Å². The molecule has 0 saturated heterocycles. The standard InChI is InChI=1S/C31H38N2O6S/c1-3-21-38-28-11-9-26(10-12-28)30(31(34)39-23-25-7-5-4-6-8-25)33(22-24-17-19-32-20-18-24)40(35,36)29-15-13-27(37-2)14-16-29/h4-8,13-20,26,28,30H,3,9-12,21-23H2,1-2H3/t26-,28-,30-/m1/s1. The number of benzene rings is 2. The van der Waals surface area contributed by atoms with Crippen LogP contribution in [-0.4, -0.2) is 49.5 Å². The summed E-state index contributed by atoms with van der Waals surface area (Å²) in [6.45, 7) is 2.84. The molecule has 1 aliphatic rings. The van der Waals surface area contributed by atoms with Crippen molar-refractivity contribution < 1.29 is 27.4 Å². The van der Waals surface area contributed by atoms with Crippen LogP contribution in [0, 0.1) is 5.92 Å². The van der Waals surface area contributed by atoms with Crippen molar-refractivity contribution in [1.29, 1.82) is 0 Å². The summed E-state index contributed by atoms with van der Waals surface area (Å²) in [5.74, 6) is -0.226. The van der Waals surface area contributed by atoms with Crippen molar-refractivity contribution in [2.75, 3.05) is 13.7 Å². The molecule has 0 spiro atoms. The molecule has 1 aliphatic carbocycles. The molecule has 0 N–H and O–H groups in total. The number of pyridine rings is 1. The fourth-order valence-corrected chi connectivity index (χ4v) is 6.73. The van der Waals surface area contributed by atoms with Gasteiger partial charge in [0.05, 0.1) is 18.1 Å². The number of methoxy groups -OCH3 is 1. The fraction of sp³-hybridized carbons (Fsp3) is 0.419. The molecule has 0 unspecified atom stereocenters. The minimum Gasteiger partial charge on any atom is -0.497 e. The highest BCUT2D eigenvalue weighted by atomic mass is 32.2. The Morgan fingerprint density at radius 3 is 2.25 bits per heavy atom. The summed E-state index contributed by atoms with van der Waals surface area (Å²) in [6.07, 6.45) is 7.13. The van der Waals surface area contributed by atoms with Crippen molar-refractivity contribution in [3.63, 3.8) is 0 Å². The predicted octanol–water partition coefficient (Wildman–Crippen LogP) is 5.38. The van der Waals surface area contributed by atoms with Crippen molar-refractivity contribution in [2.45, 2.75) is 69.2 Å². The van der Waals surface area contributed by atoms with Crippen molar-refractivity contribution in [3.05, 3.63) is 90.3 Å². The van der Waals surface area contributed by atoms with Crippen LogP contribution < -0.4 is 4.74 Å². The van der Waals surface area contributed by atoms with Crippen LogP contribution in [0.1, 0.15) is 50.2 Å². The number of esters is 1. The van der Waals surface area contributed by atoms with Gasteiger partial charge in [0.15, 0.2) is 0 Å². The average Bonchev–Trinajstić information content (AvgIpc) is 3.00. The van der Waals surface area contributed by atoms with Crippen molar-refractivity contribution in [3.8, 4) is 5.75 Å². The lowest BCUT2D eigenvalue weighted by Gasteiger charge is -2.38. The number of ether oxygens (including phenoxy) is 3. The maximum atomic E-state index is 14.2. The first-order valence-corrected chi connectivity index (χ1v) is 15.2. The minimum atomic E-state index is -4.10. The van der Waals surface area contributed by atoms with E-state index in [4.69, 9.17) is 14.2 Å². The fourth-order valence-electron chi connectivity index (χ4n) is 5.10. The Kier molecular flexibility index (Phi) is 10.7. The molecule has 0 amide bonds. The first-order chi connectivity index (χ1) is 19.4. The van der Waals surface area contributed by atoms with Gasteiger partial charge in [-0.3, -0.25) is 9.78 Å². The van der Waals surface area contributed by atoms with Crippen LogP contribution >= 0.6 is 0 Å². The molecule has 1 fully saturated rings.